The van der Waals surface area contributed by atoms with Gasteiger partial charge in [-0.05, 0) is 25.5 Å². The van der Waals surface area contributed by atoms with E-state index in [1.54, 1.807) is 12.1 Å². The summed E-state index contributed by atoms with van der Waals surface area (Å²) in [6, 6.07) is 7.92. The summed E-state index contributed by atoms with van der Waals surface area (Å²) in [5.41, 5.74) is 0.872. The van der Waals surface area contributed by atoms with E-state index in [0.717, 1.165) is 24.5 Å². The van der Waals surface area contributed by atoms with E-state index in [9.17, 15) is 4.39 Å². The quantitative estimate of drug-likeness (QED) is 0.878. The Morgan fingerprint density at radius 2 is 2.10 bits per heavy atom. The molecule has 0 spiro atoms. The first-order valence-electron chi connectivity index (χ1n) is 6.64. The highest BCUT2D eigenvalue weighted by Gasteiger charge is 2.04. The lowest BCUT2D eigenvalue weighted by molar-refractivity contribution is 0.294. The van der Waals surface area contributed by atoms with Crippen LogP contribution in [0.15, 0.2) is 30.3 Å². The van der Waals surface area contributed by atoms with Crippen molar-refractivity contribution in [3.05, 3.63) is 47.7 Å². The maximum absolute atomic E-state index is 13.0. The second kappa shape index (κ2) is 6.84. The van der Waals surface area contributed by atoms with Crippen LogP contribution in [0, 0.1) is 12.7 Å². The van der Waals surface area contributed by atoms with E-state index < -0.39 is 0 Å². The van der Waals surface area contributed by atoms with Crippen LogP contribution in [-0.2, 0) is 6.61 Å². The molecule has 106 valence electrons. The summed E-state index contributed by atoms with van der Waals surface area (Å²) < 4.78 is 18.5. The average Bonchev–Trinajstić information content (AvgIpc) is 2.42. The van der Waals surface area contributed by atoms with E-state index >= 15 is 0 Å². The molecule has 0 aliphatic rings. The maximum Gasteiger partial charge on any atom is 0.168 e. The Hall–Kier alpha value is -2.17. The minimum atomic E-state index is -0.321. The first-order valence-corrected chi connectivity index (χ1v) is 6.64. The molecular weight excluding hydrogens is 257 g/mol. The van der Waals surface area contributed by atoms with E-state index in [1.165, 1.54) is 12.1 Å². The first kappa shape index (κ1) is 14.2. The van der Waals surface area contributed by atoms with Crippen LogP contribution in [0.25, 0.3) is 0 Å². The molecule has 1 aromatic carbocycles. The standard InChI is InChI=1S/C15H18FN3O/c1-3-7-17-14-8-11(2)18-15(19-14)10-20-13-6-4-5-12(16)9-13/h4-6,8-9H,3,7,10H2,1-2H3,(H,17,18,19). The molecule has 0 unspecified atom stereocenters. The number of aromatic nitrogens is 2. The predicted molar refractivity (Wildman–Crippen MR) is 76.3 cm³/mol. The maximum atomic E-state index is 13.0. The molecule has 2 aromatic rings. The number of ether oxygens (including phenoxy) is 1. The van der Waals surface area contributed by atoms with Crippen LogP contribution in [0.2, 0.25) is 0 Å². The van der Waals surface area contributed by atoms with Crippen molar-refractivity contribution >= 4 is 5.82 Å². The zero-order valence-corrected chi connectivity index (χ0v) is 11.7. The molecule has 0 aliphatic carbocycles. The lowest BCUT2D eigenvalue weighted by Gasteiger charge is -2.09. The molecule has 0 saturated heterocycles. The Kier molecular flexibility index (Phi) is 4.87. The highest BCUT2D eigenvalue weighted by molar-refractivity contribution is 5.35. The zero-order valence-electron chi connectivity index (χ0n) is 11.7. The third kappa shape index (κ3) is 4.19. The Labute approximate surface area is 118 Å². The predicted octanol–water partition coefficient (Wildman–Crippen LogP) is 3.33. The van der Waals surface area contributed by atoms with Crippen molar-refractivity contribution in [2.75, 3.05) is 11.9 Å². The summed E-state index contributed by atoms with van der Waals surface area (Å²) in [5, 5.41) is 3.22. The smallest absolute Gasteiger partial charge is 0.168 e. The molecule has 0 atom stereocenters. The van der Waals surface area contributed by atoms with Crippen LogP contribution < -0.4 is 10.1 Å². The fraction of sp³-hybridized carbons (Fsp3) is 0.333. The molecular formula is C15H18FN3O. The van der Waals surface area contributed by atoms with Crippen LogP contribution in [0.4, 0.5) is 10.2 Å². The second-order valence-corrected chi connectivity index (χ2v) is 4.48. The lowest BCUT2D eigenvalue weighted by Crippen LogP contribution is -2.08. The van der Waals surface area contributed by atoms with Gasteiger partial charge in [0.2, 0.25) is 0 Å². The largest absolute Gasteiger partial charge is 0.486 e. The molecule has 0 radical (unpaired) electrons. The van der Waals surface area contributed by atoms with Crippen LogP contribution in [0.1, 0.15) is 24.9 Å². The van der Waals surface area contributed by atoms with E-state index in [0.29, 0.717) is 11.6 Å². The van der Waals surface area contributed by atoms with Gasteiger partial charge in [-0.15, -0.1) is 0 Å². The van der Waals surface area contributed by atoms with E-state index in [4.69, 9.17) is 4.74 Å². The molecule has 0 amide bonds. The highest BCUT2D eigenvalue weighted by atomic mass is 19.1. The molecule has 5 heteroatoms. The van der Waals surface area contributed by atoms with E-state index in [-0.39, 0.29) is 12.4 Å². The van der Waals surface area contributed by atoms with Gasteiger partial charge in [-0.1, -0.05) is 13.0 Å². The third-order valence-corrected chi connectivity index (χ3v) is 2.62. The first-order chi connectivity index (χ1) is 9.67. The minimum Gasteiger partial charge on any atom is -0.486 e. The number of nitrogens with one attached hydrogen (secondary N) is 1. The fourth-order valence-electron chi connectivity index (χ4n) is 1.74. The van der Waals surface area contributed by atoms with Crippen molar-refractivity contribution in [3.63, 3.8) is 0 Å². The van der Waals surface area contributed by atoms with Crippen molar-refractivity contribution in [1.29, 1.82) is 0 Å². The van der Waals surface area contributed by atoms with Gasteiger partial charge in [0.05, 0.1) is 0 Å². The lowest BCUT2D eigenvalue weighted by atomic mass is 10.3. The van der Waals surface area contributed by atoms with Gasteiger partial charge >= 0.3 is 0 Å². The summed E-state index contributed by atoms with van der Waals surface area (Å²) in [5.74, 6) is 1.51. The number of hydrogen-bond donors (Lipinski definition) is 1. The van der Waals surface area contributed by atoms with Gasteiger partial charge in [-0.2, -0.15) is 0 Å². The van der Waals surface area contributed by atoms with Crippen molar-refractivity contribution in [2.45, 2.75) is 26.9 Å². The molecule has 1 heterocycles. The molecule has 0 fully saturated rings. The number of rotatable bonds is 6. The minimum absolute atomic E-state index is 0.214. The number of aryl methyl sites for hydroxylation is 1. The highest BCUT2D eigenvalue weighted by Crippen LogP contribution is 2.14. The molecule has 20 heavy (non-hydrogen) atoms. The zero-order chi connectivity index (χ0) is 14.4. The van der Waals surface area contributed by atoms with Crippen LogP contribution in [0.3, 0.4) is 0 Å². The SMILES string of the molecule is CCCNc1cc(C)nc(COc2cccc(F)c2)n1. The van der Waals surface area contributed by atoms with Crippen LogP contribution in [-0.4, -0.2) is 16.5 Å². The van der Waals surface area contributed by atoms with Gasteiger partial charge in [0.25, 0.3) is 0 Å². The monoisotopic (exact) mass is 275 g/mol. The fourth-order valence-corrected chi connectivity index (χ4v) is 1.74. The molecule has 0 aliphatic heterocycles. The number of benzene rings is 1. The molecule has 1 aromatic heterocycles. The van der Waals surface area contributed by atoms with Gasteiger partial charge in [-0.3, -0.25) is 0 Å². The summed E-state index contributed by atoms with van der Waals surface area (Å²) in [7, 11) is 0. The van der Waals surface area contributed by atoms with Gasteiger partial charge in [0.1, 0.15) is 24.0 Å². The van der Waals surface area contributed by atoms with E-state index in [2.05, 4.69) is 22.2 Å². The molecule has 0 saturated carbocycles. The number of nitrogens with zero attached hydrogens (tertiary/aromatic N) is 2. The summed E-state index contributed by atoms with van der Waals surface area (Å²) in [6.45, 7) is 5.08. The second-order valence-electron chi connectivity index (χ2n) is 4.48. The van der Waals surface area contributed by atoms with Gasteiger partial charge in [-0.25, -0.2) is 14.4 Å². The average molecular weight is 275 g/mol. The molecule has 1 N–H and O–H groups in total. The van der Waals surface area contributed by atoms with Gasteiger partial charge in [0, 0.05) is 24.4 Å². The normalized spacial score (nSPS) is 10.3. The van der Waals surface area contributed by atoms with Crippen LogP contribution in [0.5, 0.6) is 5.75 Å². The molecule has 4 nitrogen and oxygen atoms in total. The third-order valence-electron chi connectivity index (χ3n) is 2.62. The topological polar surface area (TPSA) is 47.0 Å². The number of hydrogen-bond acceptors (Lipinski definition) is 4. The Morgan fingerprint density at radius 3 is 2.85 bits per heavy atom. The molecule has 0 bridgehead atoms. The van der Waals surface area contributed by atoms with Gasteiger partial charge in [0.15, 0.2) is 5.82 Å². The Balaban J connectivity index is 2.03. The van der Waals surface area contributed by atoms with Crippen molar-refractivity contribution in [2.24, 2.45) is 0 Å². The summed E-state index contributed by atoms with van der Waals surface area (Å²) in [4.78, 5) is 8.68. The Morgan fingerprint density at radius 1 is 1.25 bits per heavy atom. The van der Waals surface area contributed by atoms with Crippen molar-refractivity contribution < 1.29 is 9.13 Å². The van der Waals surface area contributed by atoms with Gasteiger partial charge < -0.3 is 10.1 Å². The molecule has 2 rings (SSSR count). The summed E-state index contributed by atoms with van der Waals surface area (Å²) in [6.07, 6.45) is 1.03. The number of halogens is 1. The van der Waals surface area contributed by atoms with Crippen molar-refractivity contribution in [3.8, 4) is 5.75 Å². The summed E-state index contributed by atoms with van der Waals surface area (Å²) >= 11 is 0. The van der Waals surface area contributed by atoms with E-state index in [1.807, 2.05) is 13.0 Å². The van der Waals surface area contributed by atoms with Crippen LogP contribution >= 0.6 is 0 Å². The van der Waals surface area contributed by atoms with Crippen molar-refractivity contribution in [1.82, 2.24) is 9.97 Å². The number of anilines is 1. The Bertz CT molecular complexity index is 575.